The first-order valence-corrected chi connectivity index (χ1v) is 6.74. The van der Waals surface area contributed by atoms with Gasteiger partial charge in [0, 0.05) is 6.08 Å². The summed E-state index contributed by atoms with van der Waals surface area (Å²) < 4.78 is 24.2. The number of hydrogen-bond donors (Lipinski definition) is 0. The fraction of sp³-hybridized carbons (Fsp3) is 0. The molecule has 0 spiro atoms. The van der Waals surface area contributed by atoms with E-state index in [1.54, 1.807) is 36.4 Å². The van der Waals surface area contributed by atoms with Gasteiger partial charge in [0.15, 0.2) is 5.76 Å². The molecule has 0 amide bonds. The summed E-state index contributed by atoms with van der Waals surface area (Å²) in [7, 11) is 0. The van der Waals surface area contributed by atoms with Crippen molar-refractivity contribution in [3.05, 3.63) is 77.7 Å². The lowest BCUT2D eigenvalue weighted by atomic mass is 10.1. The van der Waals surface area contributed by atoms with Gasteiger partial charge in [-0.3, -0.25) is 4.79 Å². The summed E-state index contributed by atoms with van der Waals surface area (Å²) in [6.07, 6.45) is 2.65. The highest BCUT2D eigenvalue weighted by molar-refractivity contribution is 6.12. The van der Waals surface area contributed by atoms with Crippen LogP contribution in [0.1, 0.15) is 16.3 Å². The fourth-order valence-electron chi connectivity index (χ4n) is 2.07. The van der Waals surface area contributed by atoms with Crippen LogP contribution in [0.25, 0.3) is 17.4 Å². The van der Waals surface area contributed by atoms with Crippen molar-refractivity contribution in [2.75, 3.05) is 0 Å². The first-order chi connectivity index (χ1) is 11.2. The molecular weight excluding hydrogens is 297 g/mol. The van der Waals surface area contributed by atoms with E-state index in [0.717, 1.165) is 0 Å². The highest BCUT2D eigenvalue weighted by Crippen LogP contribution is 2.26. The molecule has 0 radical (unpaired) electrons. The van der Waals surface area contributed by atoms with Gasteiger partial charge >= 0.3 is 0 Å². The van der Waals surface area contributed by atoms with E-state index in [-0.39, 0.29) is 17.1 Å². The lowest BCUT2D eigenvalue weighted by molar-refractivity contribution is 0.101. The van der Waals surface area contributed by atoms with Crippen LogP contribution in [0.2, 0.25) is 0 Å². The number of benzene rings is 1. The molecule has 0 aliphatic heterocycles. The zero-order valence-corrected chi connectivity index (χ0v) is 11.8. The molecule has 0 unspecified atom stereocenters. The van der Waals surface area contributed by atoms with Gasteiger partial charge < -0.3 is 8.83 Å². The second-order valence-corrected chi connectivity index (χ2v) is 4.66. The molecule has 23 heavy (non-hydrogen) atoms. The minimum absolute atomic E-state index is 0.0682. The third-order valence-electron chi connectivity index (χ3n) is 3.16. The number of carbonyl (C=O) groups is 1. The van der Waals surface area contributed by atoms with Crippen LogP contribution in [-0.2, 0) is 0 Å². The van der Waals surface area contributed by atoms with E-state index in [1.807, 2.05) is 6.07 Å². The molecule has 3 aromatic rings. The number of allylic oxidation sites excluding steroid dienone is 1. The number of carbonyl (C=O) groups excluding carboxylic acids is 1. The van der Waals surface area contributed by atoms with Crippen molar-refractivity contribution in [3.63, 3.8) is 0 Å². The number of hydrogen-bond acceptors (Lipinski definition) is 4. The molecule has 3 rings (SSSR count). The van der Waals surface area contributed by atoms with Crippen LogP contribution in [0, 0.1) is 17.1 Å². The zero-order valence-electron chi connectivity index (χ0n) is 11.8. The molecule has 0 bridgehead atoms. The third-order valence-corrected chi connectivity index (χ3v) is 3.16. The molecular formula is C18H10FNO3. The van der Waals surface area contributed by atoms with Crippen LogP contribution in [0.5, 0.6) is 0 Å². The van der Waals surface area contributed by atoms with E-state index in [2.05, 4.69) is 0 Å². The molecule has 0 saturated heterocycles. The monoisotopic (exact) mass is 307 g/mol. The smallest absolute Gasteiger partial charge is 0.238 e. The Kier molecular flexibility index (Phi) is 3.89. The van der Waals surface area contributed by atoms with Crippen LogP contribution in [0.15, 0.2) is 69.2 Å². The van der Waals surface area contributed by atoms with Gasteiger partial charge in [-0.15, -0.1) is 0 Å². The second kappa shape index (κ2) is 6.16. The van der Waals surface area contributed by atoms with Crippen LogP contribution in [0.3, 0.4) is 0 Å². The van der Waals surface area contributed by atoms with E-state index in [0.29, 0.717) is 11.3 Å². The van der Waals surface area contributed by atoms with Gasteiger partial charge in [-0.25, -0.2) is 4.39 Å². The Hall–Kier alpha value is -3.39. The quantitative estimate of drug-likeness (QED) is 0.405. The molecule has 0 aliphatic carbocycles. The van der Waals surface area contributed by atoms with Gasteiger partial charge in [0.1, 0.15) is 29.0 Å². The Balaban J connectivity index is 1.92. The molecule has 0 aliphatic rings. The Morgan fingerprint density at radius 2 is 1.96 bits per heavy atom. The molecule has 0 fully saturated rings. The SMILES string of the molecule is N#C/C(=C\c1ccc(-c2ccccc2F)o1)C(=O)c1ccco1. The van der Waals surface area contributed by atoms with Crippen LogP contribution in [-0.4, -0.2) is 5.78 Å². The Labute approximate surface area is 131 Å². The predicted molar refractivity (Wildman–Crippen MR) is 80.7 cm³/mol. The van der Waals surface area contributed by atoms with Gasteiger partial charge in [-0.2, -0.15) is 5.26 Å². The Morgan fingerprint density at radius 3 is 2.65 bits per heavy atom. The zero-order chi connectivity index (χ0) is 16.2. The van der Waals surface area contributed by atoms with Crippen LogP contribution < -0.4 is 0 Å². The highest BCUT2D eigenvalue weighted by Gasteiger charge is 2.16. The number of rotatable bonds is 4. The van der Waals surface area contributed by atoms with Crippen molar-refractivity contribution in [2.45, 2.75) is 0 Å². The normalized spacial score (nSPS) is 11.2. The standard InChI is InChI=1S/C18H10FNO3/c19-15-5-2-1-4-14(15)16-8-7-13(23-16)10-12(11-20)18(21)17-6-3-9-22-17/h1-10H/b12-10+. The first kappa shape index (κ1) is 14.5. The van der Waals surface area contributed by atoms with Crippen molar-refractivity contribution >= 4 is 11.9 Å². The van der Waals surface area contributed by atoms with E-state index >= 15 is 0 Å². The average Bonchev–Trinajstić information content (AvgIpc) is 3.24. The Morgan fingerprint density at radius 1 is 1.13 bits per heavy atom. The van der Waals surface area contributed by atoms with Crippen molar-refractivity contribution < 1.29 is 18.0 Å². The summed E-state index contributed by atoms with van der Waals surface area (Å²) in [5, 5.41) is 9.14. The van der Waals surface area contributed by atoms with E-state index < -0.39 is 11.6 Å². The summed E-state index contributed by atoms with van der Waals surface area (Å²) in [5.74, 6) is -0.290. The number of furan rings is 2. The predicted octanol–water partition coefficient (Wildman–Crippen LogP) is 4.47. The van der Waals surface area contributed by atoms with Gasteiger partial charge in [0.2, 0.25) is 5.78 Å². The van der Waals surface area contributed by atoms with Crippen molar-refractivity contribution in [1.82, 2.24) is 0 Å². The fourth-order valence-corrected chi connectivity index (χ4v) is 2.07. The van der Waals surface area contributed by atoms with Gasteiger partial charge in [-0.05, 0) is 36.4 Å². The summed E-state index contributed by atoms with van der Waals surface area (Å²) in [4.78, 5) is 12.1. The molecule has 2 aromatic heterocycles. The number of nitrogens with zero attached hydrogens (tertiary/aromatic N) is 1. The summed E-state index contributed by atoms with van der Waals surface area (Å²) in [5.41, 5.74) is 0.178. The van der Waals surface area contributed by atoms with Gasteiger partial charge in [-0.1, -0.05) is 12.1 Å². The van der Waals surface area contributed by atoms with Crippen molar-refractivity contribution in [3.8, 4) is 17.4 Å². The van der Waals surface area contributed by atoms with E-state index in [4.69, 9.17) is 14.1 Å². The van der Waals surface area contributed by atoms with Gasteiger partial charge in [0.05, 0.1) is 11.8 Å². The van der Waals surface area contributed by atoms with E-state index in [9.17, 15) is 9.18 Å². The molecule has 0 atom stereocenters. The van der Waals surface area contributed by atoms with E-state index in [1.165, 1.54) is 24.5 Å². The Bertz CT molecular complexity index is 914. The summed E-state index contributed by atoms with van der Waals surface area (Å²) in [6, 6.07) is 14.2. The molecule has 2 heterocycles. The molecule has 0 saturated carbocycles. The number of halogens is 1. The van der Waals surface area contributed by atoms with Crippen LogP contribution >= 0.6 is 0 Å². The molecule has 4 nitrogen and oxygen atoms in total. The summed E-state index contributed by atoms with van der Waals surface area (Å²) >= 11 is 0. The molecule has 112 valence electrons. The number of nitriles is 1. The largest absolute Gasteiger partial charge is 0.461 e. The third kappa shape index (κ3) is 2.97. The highest BCUT2D eigenvalue weighted by atomic mass is 19.1. The number of Topliss-reactive ketones (excluding diaryl/α,β-unsaturated/α-hetero) is 1. The van der Waals surface area contributed by atoms with Crippen molar-refractivity contribution in [1.29, 1.82) is 5.26 Å². The number of ketones is 1. The second-order valence-electron chi connectivity index (χ2n) is 4.66. The van der Waals surface area contributed by atoms with Crippen LogP contribution in [0.4, 0.5) is 4.39 Å². The average molecular weight is 307 g/mol. The van der Waals surface area contributed by atoms with Crippen molar-refractivity contribution in [2.24, 2.45) is 0 Å². The minimum Gasteiger partial charge on any atom is -0.461 e. The lowest BCUT2D eigenvalue weighted by Crippen LogP contribution is -1.99. The first-order valence-electron chi connectivity index (χ1n) is 6.74. The minimum atomic E-state index is -0.540. The topological polar surface area (TPSA) is 67.1 Å². The maximum atomic E-state index is 13.7. The van der Waals surface area contributed by atoms with Gasteiger partial charge in [0.25, 0.3) is 0 Å². The lowest BCUT2D eigenvalue weighted by Gasteiger charge is -1.98. The summed E-state index contributed by atoms with van der Waals surface area (Å²) in [6.45, 7) is 0. The molecule has 1 aromatic carbocycles. The maximum absolute atomic E-state index is 13.7. The molecule has 5 heteroatoms. The molecule has 0 N–H and O–H groups in total. The maximum Gasteiger partial charge on any atom is 0.238 e.